The fourth-order valence-corrected chi connectivity index (χ4v) is 3.45. The minimum absolute atomic E-state index is 0.0354. The van der Waals surface area contributed by atoms with E-state index in [0.29, 0.717) is 0 Å². The highest BCUT2D eigenvalue weighted by molar-refractivity contribution is 5.81. The lowest BCUT2D eigenvalue weighted by Gasteiger charge is -2.30. The van der Waals surface area contributed by atoms with E-state index in [4.69, 9.17) is 5.10 Å². The zero-order valence-electron chi connectivity index (χ0n) is 14.0. The van der Waals surface area contributed by atoms with Crippen LogP contribution in [0.5, 0.6) is 0 Å². The number of hydrogen-bond donors (Lipinski definition) is 1. The van der Waals surface area contributed by atoms with E-state index in [1.807, 2.05) is 0 Å². The second-order valence-corrected chi connectivity index (χ2v) is 6.58. The smallest absolute Gasteiger partial charge is 0.147 e. The summed E-state index contributed by atoms with van der Waals surface area (Å²) in [4.78, 5) is 0. The van der Waals surface area contributed by atoms with Gasteiger partial charge in [-0.1, -0.05) is 41.5 Å². The number of benzene rings is 2. The molecule has 0 radical (unpaired) electrons. The molecule has 1 aliphatic rings. The quantitative estimate of drug-likeness (QED) is 0.702. The van der Waals surface area contributed by atoms with Crippen molar-refractivity contribution < 1.29 is 0 Å². The van der Waals surface area contributed by atoms with Gasteiger partial charge in [0, 0.05) is 11.3 Å². The predicted molar refractivity (Wildman–Crippen MR) is 94.8 cm³/mol. The minimum Gasteiger partial charge on any atom is -0.359 e. The molecule has 0 saturated heterocycles. The van der Waals surface area contributed by atoms with Crippen molar-refractivity contribution in [2.24, 2.45) is 0 Å². The van der Waals surface area contributed by atoms with Gasteiger partial charge in [0.15, 0.2) is 0 Å². The molecule has 2 heterocycles. The second-order valence-electron chi connectivity index (χ2n) is 6.58. The fraction of sp³-hybridized carbons (Fsp3) is 0.250. The lowest BCUT2D eigenvalue weighted by Crippen LogP contribution is -2.26. The van der Waals surface area contributed by atoms with Crippen molar-refractivity contribution in [3.8, 4) is 11.3 Å². The molecular formula is C20H21N3. The Morgan fingerprint density at radius 3 is 2.39 bits per heavy atom. The van der Waals surface area contributed by atoms with Crippen molar-refractivity contribution in [1.82, 2.24) is 9.78 Å². The third-order valence-corrected chi connectivity index (χ3v) is 4.53. The second kappa shape index (κ2) is 4.98. The maximum atomic E-state index is 4.74. The average molecular weight is 303 g/mol. The SMILES string of the molecule is Cc1ccc(C2Nc3c(C)cc(C)cc3-c3cc(C)nn32)cc1. The zero-order valence-corrected chi connectivity index (χ0v) is 14.0. The fourth-order valence-electron chi connectivity index (χ4n) is 3.45. The summed E-state index contributed by atoms with van der Waals surface area (Å²) in [6, 6.07) is 15.3. The van der Waals surface area contributed by atoms with Gasteiger partial charge in [0.05, 0.1) is 11.4 Å². The molecule has 0 fully saturated rings. The van der Waals surface area contributed by atoms with Crippen LogP contribution in [0.25, 0.3) is 11.3 Å². The molecule has 0 bridgehead atoms. The molecule has 23 heavy (non-hydrogen) atoms. The maximum absolute atomic E-state index is 4.74. The van der Waals surface area contributed by atoms with E-state index in [0.717, 1.165) is 5.69 Å². The first-order chi connectivity index (χ1) is 11.0. The molecule has 1 N–H and O–H groups in total. The van der Waals surface area contributed by atoms with Crippen LogP contribution in [0.4, 0.5) is 5.69 Å². The minimum atomic E-state index is 0.0354. The molecule has 0 saturated carbocycles. The molecule has 0 spiro atoms. The number of aryl methyl sites for hydroxylation is 4. The van der Waals surface area contributed by atoms with E-state index in [1.54, 1.807) is 0 Å². The van der Waals surface area contributed by atoms with Crippen LogP contribution in [0, 0.1) is 27.7 Å². The van der Waals surface area contributed by atoms with Gasteiger partial charge in [-0.25, -0.2) is 4.68 Å². The monoisotopic (exact) mass is 303 g/mol. The number of anilines is 1. The van der Waals surface area contributed by atoms with Crippen LogP contribution in [-0.2, 0) is 0 Å². The molecule has 0 amide bonds. The summed E-state index contributed by atoms with van der Waals surface area (Å²) in [6.45, 7) is 8.49. The van der Waals surface area contributed by atoms with Crippen molar-refractivity contribution in [2.75, 3.05) is 5.32 Å². The van der Waals surface area contributed by atoms with Gasteiger partial charge < -0.3 is 5.32 Å². The first-order valence-corrected chi connectivity index (χ1v) is 8.04. The van der Waals surface area contributed by atoms with Crippen molar-refractivity contribution in [1.29, 1.82) is 0 Å². The van der Waals surface area contributed by atoms with Gasteiger partial charge in [0.25, 0.3) is 0 Å². The van der Waals surface area contributed by atoms with Crippen LogP contribution in [0.2, 0.25) is 0 Å². The summed E-state index contributed by atoms with van der Waals surface area (Å²) in [5.41, 5.74) is 9.75. The van der Waals surface area contributed by atoms with Gasteiger partial charge in [0.2, 0.25) is 0 Å². The number of hydrogen-bond acceptors (Lipinski definition) is 2. The lowest BCUT2D eigenvalue weighted by molar-refractivity contribution is 0.570. The Bertz CT molecular complexity index is 888. The average Bonchev–Trinajstić information content (AvgIpc) is 2.89. The molecule has 116 valence electrons. The number of fused-ring (bicyclic) bond motifs is 3. The predicted octanol–water partition coefficient (Wildman–Crippen LogP) is 4.76. The Balaban J connectivity index is 1.93. The molecule has 3 nitrogen and oxygen atoms in total. The third kappa shape index (κ3) is 2.24. The first kappa shape index (κ1) is 14.1. The molecule has 3 aromatic rings. The molecule has 2 aromatic carbocycles. The molecule has 1 unspecified atom stereocenters. The van der Waals surface area contributed by atoms with Crippen LogP contribution >= 0.6 is 0 Å². The summed E-state index contributed by atoms with van der Waals surface area (Å²) in [5, 5.41) is 8.44. The standard InChI is InChI=1S/C20H21N3/c1-12-5-7-16(8-6-12)20-21-19-14(3)9-13(2)10-17(19)18-11-15(4)22-23(18)20/h5-11,20-21H,1-4H3. The summed E-state index contributed by atoms with van der Waals surface area (Å²) in [6.07, 6.45) is 0.0354. The van der Waals surface area contributed by atoms with Gasteiger partial charge in [-0.2, -0.15) is 5.10 Å². The number of nitrogens with zero attached hydrogens (tertiary/aromatic N) is 2. The van der Waals surface area contributed by atoms with E-state index in [2.05, 4.69) is 80.2 Å². The van der Waals surface area contributed by atoms with Crippen molar-refractivity contribution in [2.45, 2.75) is 33.9 Å². The van der Waals surface area contributed by atoms with Gasteiger partial charge >= 0.3 is 0 Å². The highest BCUT2D eigenvalue weighted by Gasteiger charge is 2.27. The Morgan fingerprint density at radius 1 is 0.913 bits per heavy atom. The first-order valence-electron chi connectivity index (χ1n) is 8.04. The molecule has 3 heteroatoms. The van der Waals surface area contributed by atoms with E-state index in [1.165, 1.54) is 39.2 Å². The van der Waals surface area contributed by atoms with Crippen molar-refractivity contribution in [3.63, 3.8) is 0 Å². The number of aromatic nitrogens is 2. The summed E-state index contributed by atoms with van der Waals surface area (Å²) in [7, 11) is 0. The third-order valence-electron chi connectivity index (χ3n) is 4.53. The summed E-state index contributed by atoms with van der Waals surface area (Å²) >= 11 is 0. The number of rotatable bonds is 1. The van der Waals surface area contributed by atoms with Crippen molar-refractivity contribution in [3.05, 3.63) is 70.4 Å². The van der Waals surface area contributed by atoms with Gasteiger partial charge in [0.1, 0.15) is 6.17 Å². The molecule has 1 aliphatic heterocycles. The van der Waals surface area contributed by atoms with E-state index >= 15 is 0 Å². The highest BCUT2D eigenvalue weighted by atomic mass is 15.4. The molecule has 1 atom stereocenters. The van der Waals surface area contributed by atoms with Crippen LogP contribution in [0.1, 0.15) is 34.1 Å². The normalized spacial score (nSPS) is 15.7. The van der Waals surface area contributed by atoms with Crippen LogP contribution < -0.4 is 5.32 Å². The molecular weight excluding hydrogens is 282 g/mol. The Kier molecular flexibility index (Phi) is 3.05. The maximum Gasteiger partial charge on any atom is 0.147 e. The lowest BCUT2D eigenvalue weighted by atomic mass is 9.98. The van der Waals surface area contributed by atoms with Crippen LogP contribution in [-0.4, -0.2) is 9.78 Å². The largest absolute Gasteiger partial charge is 0.359 e. The van der Waals surface area contributed by atoms with Gasteiger partial charge in [-0.3, -0.25) is 0 Å². The summed E-state index contributed by atoms with van der Waals surface area (Å²) in [5.74, 6) is 0. The highest BCUT2D eigenvalue weighted by Crippen LogP contribution is 2.40. The number of nitrogens with one attached hydrogen (secondary N) is 1. The van der Waals surface area contributed by atoms with E-state index in [-0.39, 0.29) is 6.17 Å². The Hall–Kier alpha value is -2.55. The van der Waals surface area contributed by atoms with Gasteiger partial charge in [-0.15, -0.1) is 0 Å². The molecule has 1 aromatic heterocycles. The van der Waals surface area contributed by atoms with E-state index < -0.39 is 0 Å². The van der Waals surface area contributed by atoms with Crippen LogP contribution in [0.15, 0.2) is 42.5 Å². The molecule has 0 aliphatic carbocycles. The summed E-state index contributed by atoms with van der Waals surface area (Å²) < 4.78 is 2.11. The zero-order chi connectivity index (χ0) is 16.1. The van der Waals surface area contributed by atoms with E-state index in [9.17, 15) is 0 Å². The Labute approximate surface area is 137 Å². The van der Waals surface area contributed by atoms with Gasteiger partial charge in [-0.05, 0) is 51.0 Å². The van der Waals surface area contributed by atoms with Crippen LogP contribution in [0.3, 0.4) is 0 Å². The topological polar surface area (TPSA) is 29.9 Å². The Morgan fingerprint density at radius 2 is 1.65 bits per heavy atom. The van der Waals surface area contributed by atoms with Crippen molar-refractivity contribution >= 4 is 5.69 Å². The molecule has 4 rings (SSSR count).